The largest absolute Gasteiger partial charge is 0.497 e. The van der Waals surface area contributed by atoms with Crippen molar-refractivity contribution in [2.45, 2.75) is 25.2 Å². The third kappa shape index (κ3) is 3.74. The summed E-state index contributed by atoms with van der Waals surface area (Å²) >= 11 is 0. The van der Waals surface area contributed by atoms with Crippen molar-refractivity contribution in [2.24, 2.45) is 4.99 Å². The van der Waals surface area contributed by atoms with E-state index >= 15 is 0 Å². The first-order valence-electron chi connectivity index (χ1n) is 9.24. The van der Waals surface area contributed by atoms with E-state index in [-0.39, 0.29) is 17.9 Å². The predicted molar refractivity (Wildman–Crippen MR) is 104 cm³/mol. The molecule has 2 amide bonds. The van der Waals surface area contributed by atoms with Gasteiger partial charge < -0.3 is 10.1 Å². The minimum Gasteiger partial charge on any atom is -0.497 e. The highest BCUT2D eigenvalue weighted by Crippen LogP contribution is 2.38. The Morgan fingerprint density at radius 1 is 1.13 bits per heavy atom. The third-order valence-electron chi connectivity index (χ3n) is 4.62. The molecule has 1 heterocycles. The van der Waals surface area contributed by atoms with E-state index < -0.39 is 23.7 Å². The molecule has 9 heteroatoms. The van der Waals surface area contributed by atoms with Crippen molar-refractivity contribution < 1.29 is 27.5 Å². The van der Waals surface area contributed by atoms with Crippen LogP contribution in [0.1, 0.15) is 29.3 Å². The number of nitrogens with zero attached hydrogens (tertiary/aromatic N) is 2. The molecule has 2 aromatic carbocycles. The van der Waals surface area contributed by atoms with Crippen LogP contribution in [-0.4, -0.2) is 48.0 Å². The summed E-state index contributed by atoms with van der Waals surface area (Å²) in [5, 5.41) is 1.84. The lowest BCUT2D eigenvalue weighted by Crippen LogP contribution is -2.63. The van der Waals surface area contributed by atoms with E-state index in [4.69, 9.17) is 4.74 Å². The lowest BCUT2D eigenvalue weighted by molar-refractivity contribution is -0.196. The number of aliphatic imine (C=N–C) groups is 1. The number of nitrogens with one attached hydrogen (secondary N) is 1. The second kappa shape index (κ2) is 8.17. The minimum atomic E-state index is -5.14. The van der Waals surface area contributed by atoms with E-state index in [1.807, 2.05) is 5.32 Å². The lowest BCUT2D eigenvalue weighted by atomic mass is 10.1. The maximum Gasteiger partial charge on any atom is 0.442 e. The first kappa shape index (κ1) is 21.4. The number of hydrogen-bond donors (Lipinski definition) is 1. The molecule has 6 nitrogen and oxygen atoms in total. The second-order valence-corrected chi connectivity index (χ2v) is 6.65. The lowest BCUT2D eigenvalue weighted by Gasteiger charge is -2.29. The summed E-state index contributed by atoms with van der Waals surface area (Å²) in [7, 11) is 1.42. The summed E-state index contributed by atoms with van der Waals surface area (Å²) < 4.78 is 47.5. The fourth-order valence-electron chi connectivity index (χ4n) is 3.11. The molecule has 158 valence electrons. The van der Waals surface area contributed by atoms with E-state index in [2.05, 4.69) is 4.99 Å². The highest BCUT2D eigenvalue weighted by molar-refractivity contribution is 6.16. The van der Waals surface area contributed by atoms with Crippen molar-refractivity contribution in [1.29, 1.82) is 0 Å². The number of hydrogen-bond acceptors (Lipinski definition) is 4. The number of methoxy groups -OCH3 is 1. The number of ether oxygens (including phenoxy) is 1. The van der Waals surface area contributed by atoms with E-state index in [1.54, 1.807) is 37.3 Å². The molecule has 1 aliphatic rings. The van der Waals surface area contributed by atoms with Crippen LogP contribution < -0.4 is 10.1 Å². The molecule has 1 aliphatic heterocycles. The first-order valence-corrected chi connectivity index (χ1v) is 9.24. The van der Waals surface area contributed by atoms with Crippen molar-refractivity contribution in [2.75, 3.05) is 13.7 Å². The molecular formula is C21H20F3N3O3. The molecule has 0 aliphatic carbocycles. The number of carbonyl (C=O) groups excluding carboxylic acids is 2. The molecule has 3 rings (SSSR count). The van der Waals surface area contributed by atoms with Gasteiger partial charge in [-0.2, -0.15) is 13.2 Å². The highest BCUT2D eigenvalue weighted by atomic mass is 19.4. The van der Waals surface area contributed by atoms with Gasteiger partial charge in [-0.3, -0.25) is 14.5 Å². The number of alkyl halides is 3. The highest BCUT2D eigenvalue weighted by Gasteiger charge is 2.67. The Hall–Kier alpha value is -3.36. The quantitative estimate of drug-likeness (QED) is 0.780. The molecule has 0 radical (unpaired) electrons. The molecule has 0 spiro atoms. The van der Waals surface area contributed by atoms with E-state index in [1.165, 1.54) is 31.4 Å². The molecule has 0 fully saturated rings. The monoisotopic (exact) mass is 419 g/mol. The Kier molecular flexibility index (Phi) is 5.82. The number of rotatable bonds is 6. The van der Waals surface area contributed by atoms with Crippen LogP contribution in [0.4, 0.5) is 13.2 Å². The maximum absolute atomic E-state index is 14.2. The molecule has 2 aromatic rings. The van der Waals surface area contributed by atoms with Gasteiger partial charge in [0.05, 0.1) is 7.11 Å². The van der Waals surface area contributed by atoms with Gasteiger partial charge in [-0.05, 0) is 30.7 Å². The molecular weight excluding hydrogens is 399 g/mol. The van der Waals surface area contributed by atoms with Crippen molar-refractivity contribution in [1.82, 2.24) is 10.2 Å². The van der Waals surface area contributed by atoms with Crippen LogP contribution in [0.2, 0.25) is 0 Å². The van der Waals surface area contributed by atoms with Crippen LogP contribution in [0, 0.1) is 0 Å². The third-order valence-corrected chi connectivity index (χ3v) is 4.62. The van der Waals surface area contributed by atoms with Crippen molar-refractivity contribution in [3.05, 3.63) is 65.7 Å². The number of amides is 2. The summed E-state index contributed by atoms with van der Waals surface area (Å²) in [5.41, 5.74) is -3.11. The fourth-order valence-corrected chi connectivity index (χ4v) is 3.11. The van der Waals surface area contributed by atoms with Gasteiger partial charge in [0.1, 0.15) is 11.6 Å². The van der Waals surface area contributed by atoms with E-state index in [0.29, 0.717) is 17.7 Å². The Balaban J connectivity index is 2.06. The van der Waals surface area contributed by atoms with Crippen molar-refractivity contribution >= 4 is 17.6 Å². The smallest absolute Gasteiger partial charge is 0.442 e. The van der Waals surface area contributed by atoms with Gasteiger partial charge >= 0.3 is 11.8 Å². The molecule has 0 saturated heterocycles. The number of halogens is 3. The number of benzene rings is 2. The Morgan fingerprint density at radius 2 is 1.77 bits per heavy atom. The number of carbonyl (C=O) groups is 2. The summed E-state index contributed by atoms with van der Waals surface area (Å²) in [4.78, 5) is 30.3. The van der Waals surface area contributed by atoms with Crippen molar-refractivity contribution in [3.8, 4) is 5.75 Å². The van der Waals surface area contributed by atoms with Crippen LogP contribution in [0.5, 0.6) is 5.75 Å². The summed E-state index contributed by atoms with van der Waals surface area (Å²) in [6.07, 6.45) is -4.73. The summed E-state index contributed by atoms with van der Waals surface area (Å²) in [6.45, 7) is 1.77. The molecule has 0 unspecified atom stereocenters. The molecule has 0 saturated carbocycles. The van der Waals surface area contributed by atoms with Gasteiger partial charge in [-0.1, -0.05) is 37.3 Å². The average molecular weight is 419 g/mol. The minimum absolute atomic E-state index is 0.0306. The van der Waals surface area contributed by atoms with Gasteiger partial charge in [0.2, 0.25) is 0 Å². The van der Waals surface area contributed by atoms with Crippen molar-refractivity contribution in [3.63, 3.8) is 0 Å². The van der Waals surface area contributed by atoms with Gasteiger partial charge in [-0.15, -0.1) is 0 Å². The van der Waals surface area contributed by atoms with Gasteiger partial charge in [0.25, 0.3) is 11.8 Å². The number of amidine groups is 1. The average Bonchev–Trinajstić information content (AvgIpc) is 3.02. The summed E-state index contributed by atoms with van der Waals surface area (Å²) in [6, 6.07) is 13.6. The Labute approximate surface area is 171 Å². The zero-order valence-corrected chi connectivity index (χ0v) is 16.4. The van der Waals surface area contributed by atoms with Crippen LogP contribution >= 0.6 is 0 Å². The van der Waals surface area contributed by atoms with Gasteiger partial charge in [0.15, 0.2) is 0 Å². The zero-order chi connectivity index (χ0) is 21.9. The Morgan fingerprint density at radius 3 is 2.30 bits per heavy atom. The SMILES string of the molecule is CCCN1C(=O)[C@](NC(=O)c2ccc(OC)cc2)(C(F)(F)F)N=C1c1ccccc1. The van der Waals surface area contributed by atoms with Crippen LogP contribution in [0.25, 0.3) is 0 Å². The van der Waals surface area contributed by atoms with Crippen LogP contribution in [-0.2, 0) is 4.79 Å². The fraction of sp³-hybridized carbons (Fsp3) is 0.286. The predicted octanol–water partition coefficient (Wildman–Crippen LogP) is 3.38. The second-order valence-electron chi connectivity index (χ2n) is 6.65. The Bertz CT molecular complexity index is 959. The van der Waals surface area contributed by atoms with Crippen LogP contribution in [0.3, 0.4) is 0 Å². The van der Waals surface area contributed by atoms with E-state index in [9.17, 15) is 22.8 Å². The normalized spacial score (nSPS) is 18.9. The van der Waals surface area contributed by atoms with Gasteiger partial charge in [0, 0.05) is 17.7 Å². The molecule has 1 N–H and O–H groups in total. The zero-order valence-electron chi connectivity index (χ0n) is 16.4. The molecule has 0 bridgehead atoms. The van der Waals surface area contributed by atoms with Gasteiger partial charge in [-0.25, -0.2) is 4.99 Å². The van der Waals surface area contributed by atoms with E-state index in [0.717, 1.165) is 4.90 Å². The standard InChI is InChI=1S/C21H20F3N3O3/c1-3-13-27-17(14-7-5-4-6-8-14)25-20(19(27)29,21(22,23)24)26-18(28)15-9-11-16(30-2)12-10-15/h4-12H,3,13H2,1-2H3,(H,26,28)/t20-/m0/s1. The molecule has 1 atom stereocenters. The summed E-state index contributed by atoms with van der Waals surface area (Å²) in [5.74, 6) is -2.10. The first-order chi connectivity index (χ1) is 14.2. The molecule has 30 heavy (non-hydrogen) atoms. The topological polar surface area (TPSA) is 71.0 Å². The molecule has 0 aromatic heterocycles. The maximum atomic E-state index is 14.2. The van der Waals surface area contributed by atoms with Crippen LogP contribution in [0.15, 0.2) is 59.6 Å².